The van der Waals surface area contributed by atoms with Gasteiger partial charge in [0.2, 0.25) is 0 Å². The Balaban J connectivity index is 0.774. The summed E-state index contributed by atoms with van der Waals surface area (Å²) in [5, 5.41) is 33.8. The largest absolute Gasteiger partial charge is 0.454 e. The maximum atomic E-state index is 10.3. The summed E-state index contributed by atoms with van der Waals surface area (Å²) in [5.41, 5.74) is 17.1. The molecule has 0 aliphatic heterocycles. The first kappa shape index (κ1) is 45.2. The first-order valence-electron chi connectivity index (χ1n) is 27.2. The molecule has 6 aromatic heterocycles. The molecule has 0 spiro atoms. The van der Waals surface area contributed by atoms with Crippen LogP contribution in [0.1, 0.15) is 11.1 Å². The number of nitrogens with zero attached hydrogens (tertiary/aromatic N) is 4. The summed E-state index contributed by atoms with van der Waals surface area (Å²) in [4.78, 5) is 0. The van der Waals surface area contributed by atoms with Crippen LogP contribution in [0.25, 0.3) is 173 Å². The van der Waals surface area contributed by atoms with Gasteiger partial charge in [-0.1, -0.05) is 140 Å². The third-order valence-corrected chi connectivity index (χ3v) is 19.4. The molecule has 0 saturated heterocycles. The molecule has 0 N–H and O–H groups in total. The Labute approximate surface area is 474 Å². The van der Waals surface area contributed by atoms with Gasteiger partial charge in [-0.2, -0.15) is 10.5 Å². The third-order valence-electron chi connectivity index (χ3n) is 17.0. The second-order valence-electron chi connectivity index (χ2n) is 21.2. The Morgan fingerprint density at radius 1 is 0.317 bits per heavy atom. The van der Waals surface area contributed by atoms with Crippen LogP contribution in [0.2, 0.25) is 0 Å². The lowest BCUT2D eigenvalue weighted by molar-refractivity contribution is 0.666. The van der Waals surface area contributed by atoms with E-state index in [1.54, 1.807) is 0 Å². The number of thiophene rings is 2. The van der Waals surface area contributed by atoms with Crippen LogP contribution in [0.15, 0.2) is 239 Å². The Morgan fingerprint density at radius 3 is 1.55 bits per heavy atom. The van der Waals surface area contributed by atoms with Gasteiger partial charge in [0.15, 0.2) is 11.2 Å². The van der Waals surface area contributed by atoms with E-state index in [-0.39, 0.29) is 0 Å². The highest BCUT2D eigenvalue weighted by Crippen LogP contribution is 2.49. The Bertz CT molecular complexity index is 5940. The van der Waals surface area contributed by atoms with Gasteiger partial charge in [-0.05, 0) is 124 Å². The predicted molar refractivity (Wildman–Crippen MR) is 341 cm³/mol. The maximum Gasteiger partial charge on any atom is 0.159 e. The van der Waals surface area contributed by atoms with E-state index in [1.165, 1.54) is 51.5 Å². The lowest BCUT2D eigenvalue weighted by Crippen LogP contribution is -1.94. The van der Waals surface area contributed by atoms with E-state index in [2.05, 4.69) is 228 Å². The number of hydrogen-bond donors (Lipinski definition) is 0. The SMILES string of the molecule is N#Cc1ccc2c3ccccc3n(-c3cccc4c3oc3cccc(-c5ccc6sc7c(-c8ccc9c(c8)c8ccc(C#N)cc8n9-c8cccc9c8oc8cccc(-c%10cccc%11sc%12ccccc%12c%10%11)c89)cccc7c6c5)c34)c2c1. The first-order chi connectivity index (χ1) is 40.6. The lowest BCUT2D eigenvalue weighted by atomic mass is 9.95. The molecule has 0 bridgehead atoms. The number of aromatic nitrogens is 2. The van der Waals surface area contributed by atoms with E-state index >= 15 is 0 Å². The second-order valence-corrected chi connectivity index (χ2v) is 23.4. The van der Waals surface area contributed by atoms with Crippen molar-refractivity contribution in [3.63, 3.8) is 0 Å². The van der Waals surface area contributed by atoms with Gasteiger partial charge in [-0.25, -0.2) is 0 Å². The van der Waals surface area contributed by atoms with Gasteiger partial charge in [-0.3, -0.25) is 0 Å². The number of hydrogen-bond acceptors (Lipinski definition) is 6. The van der Waals surface area contributed by atoms with Gasteiger partial charge in [-0.15, -0.1) is 22.7 Å². The fourth-order valence-electron chi connectivity index (χ4n) is 13.5. The molecule has 6 nitrogen and oxygen atoms in total. The molecular formula is C74H38N4O2S2. The molecule has 0 saturated carbocycles. The van der Waals surface area contributed by atoms with Gasteiger partial charge >= 0.3 is 0 Å². The minimum atomic E-state index is 0.596. The van der Waals surface area contributed by atoms with Crippen molar-refractivity contribution in [2.24, 2.45) is 0 Å². The number of para-hydroxylation sites is 3. The molecule has 0 atom stereocenters. The average molecular weight is 1080 g/mol. The molecule has 82 heavy (non-hydrogen) atoms. The van der Waals surface area contributed by atoms with Crippen molar-refractivity contribution in [3.05, 3.63) is 242 Å². The fourth-order valence-corrected chi connectivity index (χ4v) is 15.8. The lowest BCUT2D eigenvalue weighted by Gasteiger charge is -2.10. The van der Waals surface area contributed by atoms with Crippen LogP contribution in [0.3, 0.4) is 0 Å². The third kappa shape index (κ3) is 6.25. The number of benzene rings is 12. The molecule has 0 aliphatic rings. The highest BCUT2D eigenvalue weighted by atomic mass is 32.1. The summed E-state index contributed by atoms with van der Waals surface area (Å²) in [5.74, 6) is 0. The van der Waals surface area contributed by atoms with Crippen LogP contribution in [0.5, 0.6) is 0 Å². The van der Waals surface area contributed by atoms with E-state index < -0.39 is 0 Å². The molecule has 8 heteroatoms. The van der Waals surface area contributed by atoms with Crippen molar-refractivity contribution in [2.45, 2.75) is 0 Å². The van der Waals surface area contributed by atoms with Gasteiger partial charge in [0.25, 0.3) is 0 Å². The van der Waals surface area contributed by atoms with Crippen LogP contribution < -0.4 is 0 Å². The van der Waals surface area contributed by atoms with Crippen molar-refractivity contribution in [3.8, 4) is 56.9 Å². The molecule has 0 aliphatic carbocycles. The molecule has 0 fully saturated rings. The number of furan rings is 2. The molecule has 6 heterocycles. The van der Waals surface area contributed by atoms with Crippen LogP contribution in [-0.4, -0.2) is 9.13 Å². The van der Waals surface area contributed by atoms with E-state index in [0.29, 0.717) is 11.1 Å². The van der Waals surface area contributed by atoms with Crippen molar-refractivity contribution < 1.29 is 8.83 Å². The van der Waals surface area contributed by atoms with Crippen LogP contribution >= 0.6 is 22.7 Å². The van der Waals surface area contributed by atoms with Gasteiger partial charge in [0.05, 0.1) is 56.7 Å². The standard InChI is InChI=1S/C74H38N4O2S2/c75-39-41-27-31-48-47-11-1-3-20-58(47)77(62(48)35-41)60-21-6-18-54-69-45(13-8-23-64(69)79-72(54)60)43-30-34-67-57(38-43)52-17-5-14-46(74(52)82-67)44-29-33-59-56(37-44)49-32-28-42(40-76)36-63(49)78(59)61-22-7-19-55-70-50(15-9-24-65(70)80-73(55)61)51-16-10-26-68-71(51)53-12-2-4-25-66(53)81-68/h1-38H. The first-order valence-corrected chi connectivity index (χ1v) is 28.9. The minimum Gasteiger partial charge on any atom is -0.454 e. The molecule has 12 aromatic carbocycles. The molecular weight excluding hydrogens is 1040 g/mol. The van der Waals surface area contributed by atoms with E-state index in [0.717, 1.165) is 121 Å². The Hall–Kier alpha value is -10.7. The quantitative estimate of drug-likeness (QED) is 0.172. The molecule has 0 radical (unpaired) electrons. The summed E-state index contributed by atoms with van der Waals surface area (Å²) >= 11 is 3.66. The molecule has 0 amide bonds. The van der Waals surface area contributed by atoms with Gasteiger partial charge in [0.1, 0.15) is 11.2 Å². The normalized spacial score (nSPS) is 12.1. The summed E-state index contributed by atoms with van der Waals surface area (Å²) in [6.07, 6.45) is 0. The van der Waals surface area contributed by atoms with E-state index in [1.807, 2.05) is 46.9 Å². The molecule has 18 aromatic rings. The number of fused-ring (bicyclic) bond motifs is 18. The summed E-state index contributed by atoms with van der Waals surface area (Å²) in [6.45, 7) is 0. The maximum absolute atomic E-state index is 10.3. The zero-order chi connectivity index (χ0) is 53.9. The summed E-state index contributed by atoms with van der Waals surface area (Å²) < 4.78 is 23.4. The number of nitriles is 2. The second kappa shape index (κ2) is 16.9. The monoisotopic (exact) mass is 1080 g/mol. The zero-order valence-electron chi connectivity index (χ0n) is 43.4. The predicted octanol–water partition coefficient (Wildman–Crippen LogP) is 21.2. The van der Waals surface area contributed by atoms with Crippen molar-refractivity contribution in [2.75, 3.05) is 0 Å². The topological polar surface area (TPSA) is 83.7 Å². The van der Waals surface area contributed by atoms with Gasteiger partial charge in [0, 0.05) is 83.4 Å². The number of rotatable bonds is 5. The molecule has 18 rings (SSSR count). The van der Waals surface area contributed by atoms with Crippen LogP contribution in [0.4, 0.5) is 0 Å². The van der Waals surface area contributed by atoms with Crippen LogP contribution in [-0.2, 0) is 0 Å². The average Bonchev–Trinajstić information content (AvgIpc) is 4.58. The van der Waals surface area contributed by atoms with Crippen LogP contribution in [0, 0.1) is 22.7 Å². The van der Waals surface area contributed by atoms with Crippen molar-refractivity contribution >= 4 is 151 Å². The zero-order valence-corrected chi connectivity index (χ0v) is 45.0. The van der Waals surface area contributed by atoms with E-state index in [4.69, 9.17) is 8.83 Å². The Kier molecular flexibility index (Phi) is 9.30. The smallest absolute Gasteiger partial charge is 0.159 e. The molecule has 0 unspecified atom stereocenters. The minimum absolute atomic E-state index is 0.596. The summed E-state index contributed by atoms with van der Waals surface area (Å²) in [6, 6.07) is 86.4. The highest BCUT2D eigenvalue weighted by molar-refractivity contribution is 7.26. The van der Waals surface area contributed by atoms with E-state index in [9.17, 15) is 10.5 Å². The van der Waals surface area contributed by atoms with Crippen molar-refractivity contribution in [1.29, 1.82) is 10.5 Å². The fraction of sp³-hybridized carbons (Fsp3) is 0. The van der Waals surface area contributed by atoms with Gasteiger partial charge < -0.3 is 18.0 Å². The van der Waals surface area contributed by atoms with Crippen molar-refractivity contribution in [1.82, 2.24) is 9.13 Å². The highest BCUT2D eigenvalue weighted by Gasteiger charge is 2.24. The Morgan fingerprint density at radius 2 is 0.817 bits per heavy atom. The summed E-state index contributed by atoms with van der Waals surface area (Å²) in [7, 11) is 0. The molecule has 378 valence electrons.